The molecule has 0 aromatic rings. The van der Waals surface area contributed by atoms with Crippen molar-refractivity contribution in [3.63, 3.8) is 0 Å². The summed E-state index contributed by atoms with van der Waals surface area (Å²) in [6.45, 7) is 37.4. The van der Waals surface area contributed by atoms with E-state index < -0.39 is 45.5 Å². The van der Waals surface area contributed by atoms with Gasteiger partial charge in [0.15, 0.2) is 0 Å². The number of hydrogen-bond acceptors (Lipinski definition) is 0. The SMILES string of the molecule is CCCC12[Si](C)(C)[Si](C)(C)C([Si](C)(C)[Si]1(C)C)[Si](C)(C)[Si]2(C)C. The minimum absolute atomic E-state index is 0.928. The van der Waals surface area contributed by atoms with Crippen LogP contribution >= 0.6 is 0 Å². The minimum Gasteiger partial charge on any atom is -0.0715 e. The highest BCUT2D eigenvalue weighted by molar-refractivity contribution is 7.76. The fraction of sp³-hybridized carbons (Fsp3) is 1.00. The molecule has 0 unspecified atom stereocenters. The molecular weight excluding hydrogens is 373 g/mol. The Bertz CT molecular complexity index is 446. The lowest BCUT2D eigenvalue weighted by Gasteiger charge is -2.85. The Hall–Kier alpha value is 1.30. The summed E-state index contributed by atoms with van der Waals surface area (Å²) in [6, 6.07) is 0. The second-order valence-corrected chi connectivity index (χ2v) is 62.6. The maximum atomic E-state index is 2.92. The molecule has 0 aromatic carbocycles. The standard InChI is InChI=1S/C17H44Si6/c1-14-15-17-21(8,9)18(2,3)16(19(4,5)22(17,10)11)20(6,7)23(17,12)13/h16H,14-15H2,1-13H3. The smallest absolute Gasteiger partial charge is 0.0415 e. The van der Waals surface area contributed by atoms with Gasteiger partial charge in [0, 0.05) is 45.5 Å². The van der Waals surface area contributed by atoms with Crippen LogP contribution in [0, 0.1) is 0 Å². The molecule has 136 valence electrons. The van der Waals surface area contributed by atoms with E-state index in [-0.39, 0.29) is 0 Å². The van der Waals surface area contributed by atoms with Crippen LogP contribution in [-0.2, 0) is 0 Å². The highest BCUT2D eigenvalue weighted by atomic mass is 29.4. The third kappa shape index (κ3) is 1.77. The first-order chi connectivity index (χ1) is 9.93. The van der Waals surface area contributed by atoms with Crippen LogP contribution in [0.25, 0.3) is 0 Å². The van der Waals surface area contributed by atoms with E-state index in [1.54, 1.807) is 6.42 Å². The summed E-state index contributed by atoms with van der Waals surface area (Å²) in [4.78, 5) is 1.31. The van der Waals surface area contributed by atoms with Crippen molar-refractivity contribution in [1.29, 1.82) is 0 Å². The topological polar surface area (TPSA) is 0 Å². The monoisotopic (exact) mass is 416 g/mol. The quantitative estimate of drug-likeness (QED) is 0.446. The lowest BCUT2D eigenvalue weighted by atomic mass is 10.4. The molecule has 0 nitrogen and oxygen atoms in total. The molecule has 3 aliphatic rings. The molecule has 3 fully saturated rings. The molecule has 0 atom stereocenters. The van der Waals surface area contributed by atoms with Crippen LogP contribution in [0.15, 0.2) is 0 Å². The van der Waals surface area contributed by atoms with Gasteiger partial charge in [-0.25, -0.2) is 0 Å². The molecule has 2 bridgehead atoms. The second-order valence-electron chi connectivity index (χ2n) is 12.1. The molecule has 3 heterocycles. The summed E-state index contributed by atoms with van der Waals surface area (Å²) in [5.74, 6) is 0. The van der Waals surface area contributed by atoms with E-state index in [0.29, 0.717) is 0 Å². The van der Waals surface area contributed by atoms with Crippen LogP contribution in [-0.4, -0.2) is 45.5 Å². The number of fused-ring (bicyclic) bond motifs is 3. The Labute approximate surface area is 152 Å². The van der Waals surface area contributed by atoms with E-state index in [1.165, 1.54) is 11.2 Å². The van der Waals surface area contributed by atoms with Crippen molar-refractivity contribution in [2.45, 2.75) is 107 Å². The zero-order chi connectivity index (χ0) is 18.5. The van der Waals surface area contributed by atoms with Crippen molar-refractivity contribution in [3.8, 4) is 0 Å². The summed E-state index contributed by atoms with van der Waals surface area (Å²) < 4.78 is 0.928. The van der Waals surface area contributed by atoms with E-state index >= 15 is 0 Å². The van der Waals surface area contributed by atoms with Gasteiger partial charge in [0.05, 0.1) is 0 Å². The predicted molar refractivity (Wildman–Crippen MR) is 126 cm³/mol. The van der Waals surface area contributed by atoms with Crippen LogP contribution in [0.2, 0.25) is 87.6 Å². The fourth-order valence-corrected chi connectivity index (χ4v) is 156. The summed E-state index contributed by atoms with van der Waals surface area (Å²) in [7, 11) is -6.93. The van der Waals surface area contributed by atoms with Crippen molar-refractivity contribution in [1.82, 2.24) is 0 Å². The fourth-order valence-electron chi connectivity index (χ4n) is 9.10. The average Bonchev–Trinajstić information content (AvgIpc) is 2.30. The summed E-state index contributed by atoms with van der Waals surface area (Å²) in [6.07, 6.45) is 3.08. The van der Waals surface area contributed by atoms with Gasteiger partial charge in [-0.05, 0) is 4.28 Å². The van der Waals surface area contributed by atoms with E-state index in [1.807, 2.05) is 0 Å². The van der Waals surface area contributed by atoms with Gasteiger partial charge in [0.1, 0.15) is 0 Å². The van der Waals surface area contributed by atoms with Crippen LogP contribution < -0.4 is 0 Å². The molecule has 0 spiro atoms. The van der Waals surface area contributed by atoms with Crippen LogP contribution in [0.4, 0.5) is 0 Å². The first-order valence-electron chi connectivity index (χ1n) is 9.93. The lowest BCUT2D eigenvalue weighted by Crippen LogP contribution is -3.00. The zero-order valence-electron chi connectivity index (χ0n) is 18.5. The van der Waals surface area contributed by atoms with E-state index in [2.05, 4.69) is 85.5 Å². The van der Waals surface area contributed by atoms with Crippen molar-refractivity contribution in [3.05, 3.63) is 0 Å². The normalized spacial score (nSPS) is 40.8. The minimum atomic E-state index is -1.19. The lowest BCUT2D eigenvalue weighted by molar-refractivity contribution is 0.751. The molecular formula is C17H44Si6. The third-order valence-corrected chi connectivity index (χ3v) is 101. The van der Waals surface area contributed by atoms with Crippen LogP contribution in [0.3, 0.4) is 0 Å². The van der Waals surface area contributed by atoms with Crippen LogP contribution in [0.1, 0.15) is 19.8 Å². The second kappa shape index (κ2) is 4.97. The molecule has 0 amide bonds. The maximum absolute atomic E-state index is 2.92. The molecule has 0 aliphatic carbocycles. The Morgan fingerprint density at radius 3 is 1.04 bits per heavy atom. The summed E-state index contributed by atoms with van der Waals surface area (Å²) in [5, 5.41) is 0. The summed E-state index contributed by atoms with van der Waals surface area (Å²) >= 11 is 0. The van der Waals surface area contributed by atoms with Crippen molar-refractivity contribution in [2.75, 3.05) is 0 Å². The number of rotatable bonds is 2. The molecule has 0 N–H and O–H groups in total. The van der Waals surface area contributed by atoms with Gasteiger partial charge in [-0.15, -0.1) is 0 Å². The molecule has 0 saturated carbocycles. The summed E-state index contributed by atoms with van der Waals surface area (Å²) in [5.41, 5.74) is 0. The predicted octanol–water partition coefficient (Wildman–Crippen LogP) is 6.57. The molecule has 3 aliphatic heterocycles. The molecule has 23 heavy (non-hydrogen) atoms. The number of hydrogen-bond donors (Lipinski definition) is 0. The molecule has 0 radical (unpaired) electrons. The van der Waals surface area contributed by atoms with Gasteiger partial charge in [-0.2, -0.15) is 0 Å². The van der Waals surface area contributed by atoms with Crippen molar-refractivity contribution in [2.24, 2.45) is 0 Å². The van der Waals surface area contributed by atoms with Gasteiger partial charge in [-0.3, -0.25) is 0 Å². The van der Waals surface area contributed by atoms with Crippen molar-refractivity contribution < 1.29 is 0 Å². The molecule has 0 aromatic heterocycles. The largest absolute Gasteiger partial charge is 0.0715 e. The van der Waals surface area contributed by atoms with E-state index in [0.717, 1.165) is 4.28 Å². The van der Waals surface area contributed by atoms with Gasteiger partial charge in [0.2, 0.25) is 0 Å². The Kier molecular flexibility index (Phi) is 4.45. The van der Waals surface area contributed by atoms with Gasteiger partial charge < -0.3 is 0 Å². The van der Waals surface area contributed by atoms with Crippen molar-refractivity contribution >= 4 is 45.5 Å². The molecule has 3 rings (SSSR count). The highest BCUT2D eigenvalue weighted by Crippen LogP contribution is 2.76. The highest BCUT2D eigenvalue weighted by Gasteiger charge is 2.86. The molecule has 3 saturated heterocycles. The zero-order valence-corrected chi connectivity index (χ0v) is 24.5. The van der Waals surface area contributed by atoms with Gasteiger partial charge in [0.25, 0.3) is 0 Å². The van der Waals surface area contributed by atoms with Gasteiger partial charge >= 0.3 is 0 Å². The van der Waals surface area contributed by atoms with E-state index in [9.17, 15) is 0 Å². The Balaban J connectivity index is 3.02. The maximum Gasteiger partial charge on any atom is 0.0415 e. The average molecular weight is 417 g/mol. The molecule has 6 heteroatoms. The van der Waals surface area contributed by atoms with Crippen LogP contribution in [0.5, 0.6) is 0 Å². The van der Waals surface area contributed by atoms with E-state index in [4.69, 9.17) is 0 Å². The Morgan fingerprint density at radius 2 is 0.826 bits per heavy atom. The Morgan fingerprint density at radius 1 is 0.565 bits per heavy atom. The first kappa shape index (κ1) is 20.6. The van der Waals surface area contributed by atoms with Gasteiger partial charge in [-0.1, -0.05) is 103 Å². The first-order valence-corrected chi connectivity index (χ1v) is 31.2. The third-order valence-electron chi connectivity index (χ3n) is 10.8.